The molecule has 3 rings (SSSR count). The van der Waals surface area contributed by atoms with Crippen molar-refractivity contribution in [2.75, 3.05) is 73.0 Å². The minimum atomic E-state index is -0.626. The van der Waals surface area contributed by atoms with Gasteiger partial charge < -0.3 is 77.0 Å². The zero-order valence-corrected chi connectivity index (χ0v) is 31.1. The van der Waals surface area contributed by atoms with Crippen LogP contribution < -0.4 is 77.0 Å². The lowest BCUT2D eigenvalue weighted by Gasteiger charge is -2.19. The van der Waals surface area contributed by atoms with Crippen molar-refractivity contribution in [2.24, 2.45) is 55.1 Å². The topological polar surface area (TPSA) is 360 Å². The summed E-state index contributed by atoms with van der Waals surface area (Å²) in [6.45, 7) is 4.54. The number of anilines is 4. The van der Waals surface area contributed by atoms with E-state index in [1.165, 1.54) is 35.7 Å². The van der Waals surface area contributed by atoms with Gasteiger partial charge in [-0.15, -0.1) is 23.5 Å². The zero-order chi connectivity index (χ0) is 39.6. The summed E-state index contributed by atoms with van der Waals surface area (Å²) in [7, 11) is 0. The van der Waals surface area contributed by atoms with Crippen LogP contribution >= 0.6 is 23.5 Å². The maximum absolute atomic E-state index is 14.1. The summed E-state index contributed by atoms with van der Waals surface area (Å²) >= 11 is 2.74. The Morgan fingerprint density at radius 1 is 0.648 bits per heavy atom. The molecule has 0 aliphatic carbocycles. The molecule has 0 aliphatic heterocycles. The van der Waals surface area contributed by atoms with Crippen LogP contribution in [0.5, 0.6) is 11.5 Å². The lowest BCUT2D eigenvalue weighted by atomic mass is 10.1. The number of nitrogen functional groups attached to an aromatic ring is 2. The van der Waals surface area contributed by atoms with Crippen LogP contribution in [-0.2, 0) is 0 Å². The second-order valence-corrected chi connectivity index (χ2v) is 13.2. The predicted molar refractivity (Wildman–Crippen MR) is 220 cm³/mol. The molecule has 0 radical (unpaired) electrons. The van der Waals surface area contributed by atoms with Crippen LogP contribution in [0.1, 0.15) is 20.7 Å². The quantitative estimate of drug-likeness (QED) is 0.0225. The molecule has 290 valence electrons. The van der Waals surface area contributed by atoms with E-state index in [1.54, 1.807) is 36.4 Å². The van der Waals surface area contributed by atoms with Crippen molar-refractivity contribution in [2.45, 2.75) is 9.79 Å². The number of hydrogen-bond donors (Lipinski definition) is 12. The average molecular weight is 782 g/mol. The number of carbonyl (C=O) groups excluding carboxylic acids is 2. The van der Waals surface area contributed by atoms with Crippen LogP contribution in [0.3, 0.4) is 0 Å². The van der Waals surface area contributed by atoms with Gasteiger partial charge in [-0.25, -0.2) is 0 Å². The second kappa shape index (κ2) is 21.2. The molecular formula is C33H47N15O4S2. The van der Waals surface area contributed by atoms with Gasteiger partial charge in [0.15, 0.2) is 17.9 Å². The Balaban J connectivity index is 2.07. The first-order valence-corrected chi connectivity index (χ1v) is 18.2. The molecule has 3 aromatic carbocycles. The number of nitrogens with one attached hydrogen (secondary N) is 3. The van der Waals surface area contributed by atoms with Crippen LogP contribution in [0.4, 0.5) is 22.7 Å². The molecule has 0 heterocycles. The number of guanidine groups is 3. The van der Waals surface area contributed by atoms with Crippen molar-refractivity contribution in [3.8, 4) is 11.5 Å². The molecule has 0 saturated carbocycles. The lowest BCUT2D eigenvalue weighted by Crippen LogP contribution is -2.24. The summed E-state index contributed by atoms with van der Waals surface area (Å²) in [6.07, 6.45) is 0. The fourth-order valence-electron chi connectivity index (χ4n) is 4.51. The number of benzene rings is 3. The van der Waals surface area contributed by atoms with Gasteiger partial charge in [-0.3, -0.25) is 24.6 Å². The maximum Gasteiger partial charge on any atom is 0.259 e. The smallest absolute Gasteiger partial charge is 0.259 e. The van der Waals surface area contributed by atoms with Gasteiger partial charge in [0.1, 0.15) is 24.7 Å². The number of carbonyl (C=O) groups is 2. The van der Waals surface area contributed by atoms with E-state index in [1.807, 2.05) is 0 Å². The van der Waals surface area contributed by atoms with E-state index in [0.717, 1.165) is 0 Å². The van der Waals surface area contributed by atoms with Crippen molar-refractivity contribution in [1.29, 1.82) is 0 Å². The van der Waals surface area contributed by atoms with E-state index in [4.69, 9.17) is 61.1 Å². The van der Waals surface area contributed by atoms with Crippen LogP contribution in [0.15, 0.2) is 85.7 Å². The molecule has 0 aromatic heterocycles. The molecule has 0 fully saturated rings. The fourth-order valence-corrected chi connectivity index (χ4v) is 6.32. The van der Waals surface area contributed by atoms with Gasteiger partial charge >= 0.3 is 0 Å². The van der Waals surface area contributed by atoms with Gasteiger partial charge in [0.25, 0.3) is 11.8 Å². The van der Waals surface area contributed by atoms with Crippen molar-refractivity contribution in [3.63, 3.8) is 0 Å². The van der Waals surface area contributed by atoms with Crippen LogP contribution in [0, 0.1) is 0 Å². The molecule has 0 spiro atoms. The van der Waals surface area contributed by atoms with Gasteiger partial charge in [0.05, 0.1) is 57.7 Å². The van der Waals surface area contributed by atoms with Gasteiger partial charge in [-0.1, -0.05) is 18.7 Å². The van der Waals surface area contributed by atoms with E-state index in [0.29, 0.717) is 63.0 Å². The molecule has 0 aliphatic rings. The SMILES string of the molecule is C=C(N)NCCSc1c(N)cccc1NC(=O)c1cc(C(=O)Nc2cccc(N)c2SCCN=C(N)N)c(OCCN=C(N)N)cc1OCCN=C(N)N. The highest BCUT2D eigenvalue weighted by molar-refractivity contribution is 7.99. The van der Waals surface area contributed by atoms with E-state index in [9.17, 15) is 9.59 Å². The molecule has 3 aromatic rings. The summed E-state index contributed by atoms with van der Waals surface area (Å²) in [5.41, 5.74) is 52.7. The Morgan fingerprint density at radius 2 is 1.09 bits per heavy atom. The summed E-state index contributed by atoms with van der Waals surface area (Å²) in [6, 6.07) is 13.0. The van der Waals surface area contributed by atoms with E-state index < -0.39 is 11.8 Å². The third-order valence-electron chi connectivity index (χ3n) is 6.78. The number of hydrogen-bond acceptors (Lipinski definition) is 13. The highest BCUT2D eigenvalue weighted by Gasteiger charge is 2.24. The molecule has 0 atom stereocenters. The van der Waals surface area contributed by atoms with Crippen molar-refractivity contribution in [1.82, 2.24) is 5.32 Å². The minimum Gasteiger partial charge on any atom is -0.491 e. The number of thioether (sulfide) groups is 2. The number of nitrogens with two attached hydrogens (primary N) is 9. The first-order chi connectivity index (χ1) is 25.8. The summed E-state index contributed by atoms with van der Waals surface area (Å²) in [5.74, 6) is -0.0869. The first kappa shape index (κ1) is 42.1. The number of ether oxygens (including phenoxy) is 2. The van der Waals surface area contributed by atoms with Crippen LogP contribution in [0.2, 0.25) is 0 Å². The second-order valence-electron chi connectivity index (χ2n) is 11.0. The minimum absolute atomic E-state index is 0.0136. The monoisotopic (exact) mass is 781 g/mol. The molecular weight excluding hydrogens is 735 g/mol. The normalized spacial score (nSPS) is 10.4. The standard InChI is InChI=1S/C33H47N15O4S2/c1-18(34)43-10-14-53-27-21(35)4-2-6-23(27)47-29(49)19-16-20(26(52-13-9-45-32(39)40)17-25(19)51-12-8-44-31(37)38)30(50)48-24-7-3-5-22(36)28(24)54-15-11-46-33(41)42/h2-7,16-17,43H,1,8-15,34-36H2,(H,47,49)(H,48,50)(H4,37,38,44)(H4,39,40,45)(H4,41,42,46). The molecule has 0 unspecified atom stereocenters. The Kier molecular flexibility index (Phi) is 16.5. The third-order valence-corrected chi connectivity index (χ3v) is 9.06. The van der Waals surface area contributed by atoms with Gasteiger partial charge in [-0.2, -0.15) is 0 Å². The molecule has 21 N–H and O–H groups in total. The molecule has 54 heavy (non-hydrogen) atoms. The predicted octanol–water partition coefficient (Wildman–Crippen LogP) is 0.137. The summed E-state index contributed by atoms with van der Waals surface area (Å²) in [5, 5.41) is 8.74. The summed E-state index contributed by atoms with van der Waals surface area (Å²) in [4.78, 5) is 41.3. The number of nitrogens with zero attached hydrogens (tertiary/aromatic N) is 3. The molecule has 0 bridgehead atoms. The molecule has 0 saturated heterocycles. The Morgan fingerprint density at radius 3 is 1.54 bits per heavy atom. The number of amides is 2. The lowest BCUT2D eigenvalue weighted by molar-refractivity contribution is 0.102. The fraction of sp³-hybridized carbons (Fsp3) is 0.242. The van der Waals surface area contributed by atoms with Crippen molar-refractivity contribution >= 4 is 76.0 Å². The highest BCUT2D eigenvalue weighted by Crippen LogP contribution is 2.37. The van der Waals surface area contributed by atoms with Crippen molar-refractivity contribution < 1.29 is 19.1 Å². The van der Waals surface area contributed by atoms with E-state index in [2.05, 4.69) is 37.5 Å². The number of aliphatic imine (C=N–C) groups is 3. The van der Waals surface area contributed by atoms with Crippen molar-refractivity contribution in [3.05, 3.63) is 72.1 Å². The van der Waals surface area contributed by atoms with Gasteiger partial charge in [-0.05, 0) is 30.3 Å². The van der Waals surface area contributed by atoms with Gasteiger partial charge in [0.2, 0.25) is 0 Å². The van der Waals surface area contributed by atoms with E-state index in [-0.39, 0.29) is 66.8 Å². The Labute approximate surface area is 321 Å². The van der Waals surface area contributed by atoms with E-state index >= 15 is 0 Å². The highest BCUT2D eigenvalue weighted by atomic mass is 32.2. The average Bonchev–Trinajstić information content (AvgIpc) is 3.10. The largest absolute Gasteiger partial charge is 0.491 e. The Hall–Kier alpha value is -6.35. The van der Waals surface area contributed by atoms with Gasteiger partial charge in [0, 0.05) is 35.5 Å². The number of rotatable bonds is 21. The molecule has 19 nitrogen and oxygen atoms in total. The first-order valence-electron chi connectivity index (χ1n) is 16.2. The zero-order valence-electron chi connectivity index (χ0n) is 29.5. The molecule has 21 heteroatoms. The van der Waals surface area contributed by atoms with Crippen LogP contribution in [0.25, 0.3) is 0 Å². The molecule has 2 amide bonds. The third kappa shape index (κ3) is 13.7. The van der Waals surface area contributed by atoms with Crippen LogP contribution in [-0.4, -0.2) is 80.6 Å². The summed E-state index contributed by atoms with van der Waals surface area (Å²) < 4.78 is 12.0. The Bertz CT molecular complexity index is 1880. The maximum atomic E-state index is 14.1.